The lowest BCUT2D eigenvalue weighted by Gasteiger charge is -2.25. The molecule has 3 atom stereocenters. The summed E-state index contributed by atoms with van der Waals surface area (Å²) in [6.45, 7) is 4.36. The van der Waals surface area contributed by atoms with Crippen LogP contribution < -0.4 is 0 Å². The molecule has 1 saturated heterocycles. The van der Waals surface area contributed by atoms with Gasteiger partial charge in [-0.2, -0.15) is 0 Å². The van der Waals surface area contributed by atoms with E-state index >= 15 is 0 Å². The quantitative estimate of drug-likeness (QED) is 0.734. The number of carbonyl (C=O) groups excluding carboxylic acids is 2. The maximum Gasteiger partial charge on any atom is 0.222 e. The van der Waals surface area contributed by atoms with E-state index in [-0.39, 0.29) is 17.7 Å². The zero-order valence-corrected chi connectivity index (χ0v) is 10.7. The molecule has 94 valence electrons. The Morgan fingerprint density at radius 3 is 2.41 bits per heavy atom. The van der Waals surface area contributed by atoms with Crippen molar-refractivity contribution in [1.82, 2.24) is 4.90 Å². The normalized spacial score (nSPS) is 42.9. The lowest BCUT2D eigenvalue weighted by molar-refractivity contribution is -0.136. The zero-order chi connectivity index (χ0) is 12.2. The Balaban J connectivity index is 1.79. The summed E-state index contributed by atoms with van der Waals surface area (Å²) < 4.78 is 0. The number of amides is 1. The van der Waals surface area contributed by atoms with E-state index in [1.54, 1.807) is 6.92 Å². The van der Waals surface area contributed by atoms with Crippen LogP contribution in [-0.4, -0.2) is 29.2 Å². The summed E-state index contributed by atoms with van der Waals surface area (Å²) in [6.07, 6.45) is 5.37. The Morgan fingerprint density at radius 1 is 1.24 bits per heavy atom. The van der Waals surface area contributed by atoms with Crippen LogP contribution >= 0.6 is 0 Å². The molecule has 0 aromatic carbocycles. The van der Waals surface area contributed by atoms with E-state index in [0.717, 1.165) is 24.8 Å². The van der Waals surface area contributed by atoms with Gasteiger partial charge < -0.3 is 4.90 Å². The topological polar surface area (TPSA) is 37.4 Å². The second-order valence-corrected chi connectivity index (χ2v) is 6.37. The molecule has 0 aromatic heterocycles. The SMILES string of the molecule is CCC(=O)N1CC2(CC3CC3C2)CC1C(C)=O. The molecular weight excluding hydrogens is 214 g/mol. The lowest BCUT2D eigenvalue weighted by Crippen LogP contribution is -2.39. The van der Waals surface area contributed by atoms with E-state index in [1.165, 1.54) is 19.3 Å². The van der Waals surface area contributed by atoms with Gasteiger partial charge in [0.15, 0.2) is 5.78 Å². The van der Waals surface area contributed by atoms with Crippen LogP contribution in [0.3, 0.4) is 0 Å². The maximum atomic E-state index is 11.9. The number of carbonyl (C=O) groups is 2. The average Bonchev–Trinajstić information content (AvgIpc) is 2.75. The predicted octanol–water partition coefficient (Wildman–Crippen LogP) is 2.00. The van der Waals surface area contributed by atoms with Crippen molar-refractivity contribution in [2.45, 2.75) is 52.0 Å². The molecule has 2 aliphatic carbocycles. The fourth-order valence-corrected chi connectivity index (χ4v) is 4.19. The first-order valence-electron chi connectivity index (χ1n) is 6.84. The minimum absolute atomic E-state index is 0.125. The second kappa shape index (κ2) is 3.56. The second-order valence-electron chi connectivity index (χ2n) is 6.37. The molecule has 17 heavy (non-hydrogen) atoms. The summed E-state index contributed by atoms with van der Waals surface area (Å²) in [5.41, 5.74) is 0.300. The summed E-state index contributed by atoms with van der Waals surface area (Å²) in [4.78, 5) is 25.5. The Kier molecular flexibility index (Phi) is 2.36. The van der Waals surface area contributed by atoms with Gasteiger partial charge in [0, 0.05) is 13.0 Å². The Hall–Kier alpha value is -0.860. The van der Waals surface area contributed by atoms with Crippen molar-refractivity contribution in [2.24, 2.45) is 17.3 Å². The molecule has 3 rings (SSSR count). The first-order chi connectivity index (χ1) is 8.04. The molecule has 1 amide bonds. The van der Waals surface area contributed by atoms with Crippen LogP contribution in [0.25, 0.3) is 0 Å². The van der Waals surface area contributed by atoms with Crippen LogP contribution in [0.5, 0.6) is 0 Å². The van der Waals surface area contributed by atoms with Crippen molar-refractivity contribution in [3.8, 4) is 0 Å². The number of hydrogen-bond acceptors (Lipinski definition) is 2. The van der Waals surface area contributed by atoms with E-state index in [2.05, 4.69) is 0 Å². The van der Waals surface area contributed by atoms with Gasteiger partial charge in [-0.3, -0.25) is 9.59 Å². The van der Waals surface area contributed by atoms with Crippen molar-refractivity contribution in [3.63, 3.8) is 0 Å². The van der Waals surface area contributed by atoms with Crippen LogP contribution in [0.15, 0.2) is 0 Å². The molecular formula is C14H21NO2. The molecule has 0 radical (unpaired) electrons. The molecule has 3 nitrogen and oxygen atoms in total. The Morgan fingerprint density at radius 2 is 1.88 bits per heavy atom. The van der Waals surface area contributed by atoms with Gasteiger partial charge in [0.25, 0.3) is 0 Å². The highest BCUT2D eigenvalue weighted by atomic mass is 16.2. The molecule has 2 saturated carbocycles. The summed E-state index contributed by atoms with van der Waals surface area (Å²) in [7, 11) is 0. The summed E-state index contributed by atoms with van der Waals surface area (Å²) >= 11 is 0. The van der Waals surface area contributed by atoms with Gasteiger partial charge >= 0.3 is 0 Å². The van der Waals surface area contributed by atoms with E-state index in [0.29, 0.717) is 11.8 Å². The number of Topliss-reactive ketones (excluding diaryl/α,β-unsaturated/α-hetero) is 1. The van der Waals surface area contributed by atoms with Crippen molar-refractivity contribution >= 4 is 11.7 Å². The summed E-state index contributed by atoms with van der Waals surface area (Å²) in [5, 5.41) is 0. The number of nitrogens with zero attached hydrogens (tertiary/aromatic N) is 1. The van der Waals surface area contributed by atoms with Crippen LogP contribution in [0.4, 0.5) is 0 Å². The highest BCUT2D eigenvalue weighted by Crippen LogP contribution is 2.63. The van der Waals surface area contributed by atoms with Crippen molar-refractivity contribution in [2.75, 3.05) is 6.54 Å². The maximum absolute atomic E-state index is 11.9. The fraction of sp³-hybridized carbons (Fsp3) is 0.857. The van der Waals surface area contributed by atoms with Crippen LogP contribution in [0.1, 0.15) is 46.0 Å². The predicted molar refractivity (Wildman–Crippen MR) is 64.4 cm³/mol. The van der Waals surface area contributed by atoms with Gasteiger partial charge in [0.1, 0.15) is 0 Å². The fourth-order valence-electron chi connectivity index (χ4n) is 4.19. The van der Waals surface area contributed by atoms with Crippen molar-refractivity contribution in [1.29, 1.82) is 0 Å². The highest BCUT2D eigenvalue weighted by Gasteiger charge is 2.58. The molecule has 1 heterocycles. The largest absolute Gasteiger partial charge is 0.332 e. The standard InChI is InChI=1S/C14H21NO2/c1-3-13(17)15-8-14(7-12(15)9(2)16)5-10-4-11(10)6-14/h10-12H,3-8H2,1-2H3. The van der Waals surface area contributed by atoms with Gasteiger partial charge in [-0.05, 0) is 49.9 Å². The lowest BCUT2D eigenvalue weighted by atomic mass is 9.80. The van der Waals surface area contributed by atoms with E-state index in [4.69, 9.17) is 0 Å². The van der Waals surface area contributed by atoms with Gasteiger partial charge in [-0.1, -0.05) is 6.92 Å². The van der Waals surface area contributed by atoms with Crippen molar-refractivity contribution in [3.05, 3.63) is 0 Å². The van der Waals surface area contributed by atoms with Gasteiger partial charge in [0.05, 0.1) is 6.04 Å². The van der Waals surface area contributed by atoms with Gasteiger partial charge in [0.2, 0.25) is 5.91 Å². The number of rotatable bonds is 2. The molecule has 1 spiro atoms. The molecule has 0 bridgehead atoms. The molecule has 3 heteroatoms. The molecule has 0 N–H and O–H groups in total. The number of fused-ring (bicyclic) bond motifs is 1. The van der Waals surface area contributed by atoms with Gasteiger partial charge in [-0.25, -0.2) is 0 Å². The van der Waals surface area contributed by atoms with Crippen LogP contribution in [-0.2, 0) is 9.59 Å². The van der Waals surface area contributed by atoms with Crippen LogP contribution in [0.2, 0.25) is 0 Å². The molecule has 1 aliphatic heterocycles. The average molecular weight is 235 g/mol. The molecule has 3 unspecified atom stereocenters. The third-order valence-electron chi connectivity index (χ3n) is 5.06. The third kappa shape index (κ3) is 1.71. The monoisotopic (exact) mass is 235 g/mol. The number of likely N-dealkylation sites (tertiary alicyclic amines) is 1. The third-order valence-corrected chi connectivity index (χ3v) is 5.06. The van der Waals surface area contributed by atoms with Crippen molar-refractivity contribution < 1.29 is 9.59 Å². The first-order valence-corrected chi connectivity index (χ1v) is 6.84. The zero-order valence-electron chi connectivity index (χ0n) is 10.7. The van der Waals surface area contributed by atoms with Crippen LogP contribution in [0, 0.1) is 17.3 Å². The smallest absolute Gasteiger partial charge is 0.222 e. The van der Waals surface area contributed by atoms with E-state index in [9.17, 15) is 9.59 Å². The minimum Gasteiger partial charge on any atom is -0.332 e. The van der Waals surface area contributed by atoms with E-state index in [1.807, 2.05) is 11.8 Å². The van der Waals surface area contributed by atoms with E-state index < -0.39 is 0 Å². The Labute approximate surface area is 103 Å². The van der Waals surface area contributed by atoms with Gasteiger partial charge in [-0.15, -0.1) is 0 Å². The number of ketones is 1. The highest BCUT2D eigenvalue weighted by molar-refractivity contribution is 5.88. The first kappa shape index (κ1) is 11.2. The molecule has 3 fully saturated rings. The minimum atomic E-state index is -0.125. The number of hydrogen-bond donors (Lipinski definition) is 0. The summed E-state index contributed by atoms with van der Waals surface area (Å²) in [6, 6.07) is -0.125. The summed E-state index contributed by atoms with van der Waals surface area (Å²) in [5.74, 6) is 2.16. The Bertz CT molecular complexity index is 366. The molecule has 3 aliphatic rings. The molecule has 0 aromatic rings.